The minimum atomic E-state index is 0.368. The van der Waals surface area contributed by atoms with Crippen molar-refractivity contribution in [2.75, 3.05) is 0 Å². The molecule has 1 fully saturated rings. The second kappa shape index (κ2) is 5.67. The SMILES string of the molecule is CC1CCCC(C(N)CCc2ccnn2C)C1. The van der Waals surface area contributed by atoms with Gasteiger partial charge in [0.1, 0.15) is 0 Å². The van der Waals surface area contributed by atoms with Crippen molar-refractivity contribution in [3.05, 3.63) is 18.0 Å². The quantitative estimate of drug-likeness (QED) is 0.871. The lowest BCUT2D eigenvalue weighted by Crippen LogP contribution is -2.33. The van der Waals surface area contributed by atoms with Crippen LogP contribution in [0.4, 0.5) is 0 Å². The van der Waals surface area contributed by atoms with Gasteiger partial charge in [0.2, 0.25) is 0 Å². The van der Waals surface area contributed by atoms with Crippen molar-refractivity contribution in [2.45, 2.75) is 51.5 Å². The zero-order valence-corrected chi connectivity index (χ0v) is 11.1. The van der Waals surface area contributed by atoms with Crippen LogP contribution < -0.4 is 5.73 Å². The van der Waals surface area contributed by atoms with E-state index in [9.17, 15) is 0 Å². The van der Waals surface area contributed by atoms with Crippen molar-refractivity contribution in [3.63, 3.8) is 0 Å². The lowest BCUT2D eigenvalue weighted by molar-refractivity contribution is 0.239. The molecule has 1 saturated carbocycles. The predicted octanol–water partition coefficient (Wildman–Crippen LogP) is 2.51. The highest BCUT2D eigenvalue weighted by Gasteiger charge is 2.24. The summed E-state index contributed by atoms with van der Waals surface area (Å²) in [5, 5.41) is 4.19. The molecular weight excluding hydrogens is 210 g/mol. The first-order chi connectivity index (χ1) is 8.16. The molecule has 0 aliphatic heterocycles. The van der Waals surface area contributed by atoms with E-state index in [1.54, 1.807) is 0 Å². The summed E-state index contributed by atoms with van der Waals surface area (Å²) in [5.74, 6) is 1.61. The Kier molecular flexibility index (Phi) is 4.21. The summed E-state index contributed by atoms with van der Waals surface area (Å²) in [6.07, 6.45) is 9.43. The second-order valence-electron chi connectivity index (χ2n) is 5.68. The fourth-order valence-corrected chi connectivity index (χ4v) is 3.07. The van der Waals surface area contributed by atoms with E-state index in [1.165, 1.54) is 31.4 Å². The maximum atomic E-state index is 6.35. The lowest BCUT2D eigenvalue weighted by Gasteiger charge is -2.31. The molecule has 0 aromatic carbocycles. The van der Waals surface area contributed by atoms with Crippen molar-refractivity contribution in [1.29, 1.82) is 0 Å². The van der Waals surface area contributed by atoms with E-state index < -0.39 is 0 Å². The molecule has 1 heterocycles. The van der Waals surface area contributed by atoms with Gasteiger partial charge in [-0.2, -0.15) is 5.10 Å². The molecule has 1 aliphatic rings. The summed E-state index contributed by atoms with van der Waals surface area (Å²) < 4.78 is 1.95. The summed E-state index contributed by atoms with van der Waals surface area (Å²) in [6, 6.07) is 2.46. The molecule has 2 N–H and O–H groups in total. The first-order valence-electron chi connectivity index (χ1n) is 6.89. The molecule has 3 atom stereocenters. The average molecular weight is 235 g/mol. The third-order valence-electron chi connectivity index (χ3n) is 4.24. The largest absolute Gasteiger partial charge is 0.327 e. The lowest BCUT2D eigenvalue weighted by atomic mass is 9.77. The second-order valence-corrected chi connectivity index (χ2v) is 5.68. The Bertz CT molecular complexity index is 345. The van der Waals surface area contributed by atoms with E-state index in [0.29, 0.717) is 6.04 Å². The zero-order chi connectivity index (χ0) is 12.3. The van der Waals surface area contributed by atoms with Crippen LogP contribution >= 0.6 is 0 Å². The van der Waals surface area contributed by atoms with Gasteiger partial charge in [-0.15, -0.1) is 0 Å². The topological polar surface area (TPSA) is 43.8 Å². The normalized spacial score (nSPS) is 27.0. The molecule has 2 rings (SSSR count). The maximum absolute atomic E-state index is 6.35. The van der Waals surface area contributed by atoms with Crippen LogP contribution in [0, 0.1) is 11.8 Å². The molecular formula is C14H25N3. The fraction of sp³-hybridized carbons (Fsp3) is 0.786. The standard InChI is InChI=1S/C14H25N3/c1-11-4-3-5-12(10-11)14(15)7-6-13-8-9-16-17(13)2/h8-9,11-12,14H,3-7,10,15H2,1-2H3. The van der Waals surface area contributed by atoms with Crippen LogP contribution in [-0.4, -0.2) is 15.8 Å². The van der Waals surface area contributed by atoms with Crippen molar-refractivity contribution in [2.24, 2.45) is 24.6 Å². The van der Waals surface area contributed by atoms with Crippen molar-refractivity contribution < 1.29 is 0 Å². The molecule has 0 spiro atoms. The van der Waals surface area contributed by atoms with E-state index in [4.69, 9.17) is 5.73 Å². The first kappa shape index (κ1) is 12.6. The van der Waals surface area contributed by atoms with Crippen LogP contribution in [0.15, 0.2) is 12.3 Å². The molecule has 0 bridgehead atoms. The predicted molar refractivity (Wildman–Crippen MR) is 70.6 cm³/mol. The van der Waals surface area contributed by atoms with Gasteiger partial charge in [0.15, 0.2) is 0 Å². The number of hydrogen-bond acceptors (Lipinski definition) is 2. The van der Waals surface area contributed by atoms with Crippen LogP contribution in [0.2, 0.25) is 0 Å². The van der Waals surface area contributed by atoms with Gasteiger partial charge in [0.25, 0.3) is 0 Å². The van der Waals surface area contributed by atoms with Gasteiger partial charge in [-0.25, -0.2) is 0 Å². The molecule has 0 radical (unpaired) electrons. The van der Waals surface area contributed by atoms with E-state index >= 15 is 0 Å². The average Bonchev–Trinajstić information content (AvgIpc) is 2.72. The van der Waals surface area contributed by atoms with Gasteiger partial charge >= 0.3 is 0 Å². The van der Waals surface area contributed by atoms with E-state index in [-0.39, 0.29) is 0 Å². The van der Waals surface area contributed by atoms with Gasteiger partial charge in [0.05, 0.1) is 0 Å². The molecule has 0 saturated heterocycles. The number of aryl methyl sites for hydroxylation is 2. The summed E-state index contributed by atoms with van der Waals surface area (Å²) in [6.45, 7) is 2.36. The van der Waals surface area contributed by atoms with Gasteiger partial charge in [0, 0.05) is 25.0 Å². The highest BCUT2D eigenvalue weighted by atomic mass is 15.2. The van der Waals surface area contributed by atoms with Crippen LogP contribution in [0.5, 0.6) is 0 Å². The molecule has 3 unspecified atom stereocenters. The van der Waals surface area contributed by atoms with Crippen LogP contribution in [0.1, 0.15) is 44.7 Å². The summed E-state index contributed by atoms with van der Waals surface area (Å²) >= 11 is 0. The molecule has 3 nitrogen and oxygen atoms in total. The molecule has 3 heteroatoms. The summed E-state index contributed by atoms with van der Waals surface area (Å²) in [5.41, 5.74) is 7.64. The van der Waals surface area contributed by atoms with E-state index in [2.05, 4.69) is 18.1 Å². The Hall–Kier alpha value is -0.830. The van der Waals surface area contributed by atoms with Crippen molar-refractivity contribution >= 4 is 0 Å². The minimum Gasteiger partial charge on any atom is -0.327 e. The smallest absolute Gasteiger partial charge is 0.0492 e. The summed E-state index contributed by atoms with van der Waals surface area (Å²) in [4.78, 5) is 0. The highest BCUT2D eigenvalue weighted by molar-refractivity contribution is 5.00. The Morgan fingerprint density at radius 1 is 1.53 bits per heavy atom. The van der Waals surface area contributed by atoms with Crippen molar-refractivity contribution in [3.8, 4) is 0 Å². The third kappa shape index (κ3) is 3.32. The minimum absolute atomic E-state index is 0.368. The van der Waals surface area contributed by atoms with Gasteiger partial charge in [-0.3, -0.25) is 4.68 Å². The molecule has 1 aromatic heterocycles. The van der Waals surface area contributed by atoms with E-state index in [0.717, 1.165) is 24.7 Å². The molecule has 1 aromatic rings. The van der Waals surface area contributed by atoms with Crippen LogP contribution in [-0.2, 0) is 13.5 Å². The monoisotopic (exact) mass is 235 g/mol. The summed E-state index contributed by atoms with van der Waals surface area (Å²) in [7, 11) is 2.00. The number of nitrogens with two attached hydrogens (primary N) is 1. The molecule has 1 aliphatic carbocycles. The van der Waals surface area contributed by atoms with Crippen LogP contribution in [0.25, 0.3) is 0 Å². The zero-order valence-electron chi connectivity index (χ0n) is 11.1. The first-order valence-corrected chi connectivity index (χ1v) is 6.89. The van der Waals surface area contributed by atoms with Gasteiger partial charge in [-0.1, -0.05) is 19.8 Å². The maximum Gasteiger partial charge on any atom is 0.0492 e. The Morgan fingerprint density at radius 2 is 2.35 bits per heavy atom. The third-order valence-corrected chi connectivity index (χ3v) is 4.24. The number of hydrogen-bond donors (Lipinski definition) is 1. The molecule has 17 heavy (non-hydrogen) atoms. The highest BCUT2D eigenvalue weighted by Crippen LogP contribution is 2.31. The number of rotatable bonds is 4. The van der Waals surface area contributed by atoms with E-state index in [1.807, 2.05) is 17.9 Å². The Labute approximate surface area is 104 Å². The Balaban J connectivity index is 1.80. The van der Waals surface area contributed by atoms with Gasteiger partial charge in [-0.05, 0) is 43.6 Å². The van der Waals surface area contributed by atoms with Crippen LogP contribution in [0.3, 0.4) is 0 Å². The van der Waals surface area contributed by atoms with Crippen molar-refractivity contribution in [1.82, 2.24) is 9.78 Å². The molecule has 96 valence electrons. The molecule has 0 amide bonds. The Morgan fingerprint density at radius 3 is 3.00 bits per heavy atom. The fourth-order valence-electron chi connectivity index (χ4n) is 3.07. The number of nitrogens with zero attached hydrogens (tertiary/aromatic N) is 2. The van der Waals surface area contributed by atoms with Gasteiger partial charge < -0.3 is 5.73 Å². The number of aromatic nitrogens is 2.